The number of anilines is 1. The minimum atomic E-state index is -4.28. The van der Waals surface area contributed by atoms with E-state index in [1.807, 2.05) is 40.0 Å². The van der Waals surface area contributed by atoms with Gasteiger partial charge in [0.15, 0.2) is 0 Å². The molecule has 1 aliphatic rings. The Labute approximate surface area is 196 Å². The molecule has 0 radical (unpaired) electrons. The quantitative estimate of drug-likeness (QED) is 0.505. The predicted octanol–water partition coefficient (Wildman–Crippen LogP) is 6.22. The van der Waals surface area contributed by atoms with Crippen LogP contribution < -0.4 is 4.90 Å². The molecule has 172 valence electrons. The highest BCUT2D eigenvalue weighted by Gasteiger charge is 2.40. The smallest absolute Gasteiger partial charge is 0.242 e. The molecular weight excluding hydrogens is 472 g/mol. The number of azo groups is 1. The number of aromatic nitrogens is 1. The number of aliphatic hydroxyl groups is 1. The maximum Gasteiger partial charge on any atom is 0.242 e. The summed E-state index contributed by atoms with van der Waals surface area (Å²) in [5.74, 6) is -1.38. The molecule has 8 nitrogen and oxygen atoms in total. The Hall–Kier alpha value is -2.30. The van der Waals surface area contributed by atoms with Crippen LogP contribution in [0.1, 0.15) is 65.1 Å². The average Bonchev–Trinajstić information content (AvgIpc) is 3.16. The van der Waals surface area contributed by atoms with E-state index in [0.717, 1.165) is 10.6 Å². The monoisotopic (exact) mass is 496 g/mol. The van der Waals surface area contributed by atoms with E-state index in [9.17, 15) is 18.3 Å². The Balaban J connectivity index is 2.19. The van der Waals surface area contributed by atoms with E-state index in [4.69, 9.17) is 11.6 Å². The molecular formula is C21H25ClN4O4S2. The fraction of sp³-hybridized carbons (Fsp3) is 0.429. The first-order valence-corrected chi connectivity index (χ1v) is 12.8. The lowest BCUT2D eigenvalue weighted by atomic mass is 9.93. The van der Waals surface area contributed by atoms with Gasteiger partial charge in [0.25, 0.3) is 0 Å². The van der Waals surface area contributed by atoms with Gasteiger partial charge in [-0.15, -0.1) is 21.6 Å². The van der Waals surface area contributed by atoms with Crippen molar-refractivity contribution < 1.29 is 18.3 Å². The number of nitrogens with zero attached hydrogens (tertiary/aromatic N) is 4. The van der Waals surface area contributed by atoms with Crippen LogP contribution in [-0.4, -0.2) is 24.4 Å². The van der Waals surface area contributed by atoms with Gasteiger partial charge in [0.2, 0.25) is 31.8 Å². The highest BCUT2D eigenvalue weighted by molar-refractivity contribution is 7.95. The number of rotatable bonds is 4. The van der Waals surface area contributed by atoms with E-state index in [2.05, 4.69) is 15.2 Å². The molecule has 1 aromatic carbocycles. The van der Waals surface area contributed by atoms with Crippen molar-refractivity contribution in [3.05, 3.63) is 44.7 Å². The number of halogens is 1. The van der Waals surface area contributed by atoms with Crippen LogP contribution in [0, 0.1) is 0 Å². The molecule has 0 fully saturated rings. The molecule has 0 saturated carbocycles. The molecule has 0 aliphatic carbocycles. The molecule has 2 heterocycles. The molecule has 0 atom stereocenters. The summed E-state index contributed by atoms with van der Waals surface area (Å²) in [5.41, 5.74) is 1.17. The van der Waals surface area contributed by atoms with Crippen LogP contribution in [-0.2, 0) is 20.0 Å². The Morgan fingerprint density at radius 3 is 2.47 bits per heavy atom. The van der Waals surface area contributed by atoms with Crippen molar-refractivity contribution in [2.24, 2.45) is 10.2 Å². The second-order valence-corrected chi connectivity index (χ2v) is 11.8. The molecule has 0 spiro atoms. The average molecular weight is 497 g/mol. The van der Waals surface area contributed by atoms with Crippen molar-refractivity contribution in [1.29, 1.82) is 0 Å². The first-order chi connectivity index (χ1) is 14.8. The third kappa shape index (κ3) is 4.31. The van der Waals surface area contributed by atoms with Gasteiger partial charge >= 0.3 is 0 Å². The first-order valence-electron chi connectivity index (χ1n) is 10.0. The van der Waals surface area contributed by atoms with Gasteiger partial charge in [0.05, 0.1) is 16.3 Å². The number of carbonyl (C=O) groups excluding carboxylic acids is 1. The van der Waals surface area contributed by atoms with Crippen LogP contribution in [0.2, 0.25) is 5.02 Å². The normalized spacial score (nSPS) is 16.2. The zero-order chi connectivity index (χ0) is 24.0. The third-order valence-corrected chi connectivity index (χ3v) is 7.66. The molecule has 1 aromatic heterocycles. The second-order valence-electron chi connectivity index (χ2n) is 8.68. The molecule has 3 rings (SSSR count). The predicted molar refractivity (Wildman–Crippen MR) is 125 cm³/mol. The minimum Gasteiger partial charge on any atom is -0.492 e. The topological polar surface area (TPSA) is 112 Å². The van der Waals surface area contributed by atoms with Crippen LogP contribution >= 0.6 is 22.9 Å². The van der Waals surface area contributed by atoms with Crippen LogP contribution in [0.15, 0.2) is 43.5 Å². The standard InChI is InChI=1S/C21H25ClN4O4S2/c1-7-17(27)26-14-9-13(22)12(11(2)3)8-15(14)32(29,30)18(19(26)28)24-25-20-23-16(10-31-20)21(4,5)6/h8-11,28H,7H2,1-6H3. The van der Waals surface area contributed by atoms with Crippen LogP contribution in [0.3, 0.4) is 0 Å². The highest BCUT2D eigenvalue weighted by Crippen LogP contribution is 2.43. The van der Waals surface area contributed by atoms with Crippen molar-refractivity contribution in [2.45, 2.75) is 64.2 Å². The number of hydrogen-bond acceptors (Lipinski definition) is 8. The molecule has 32 heavy (non-hydrogen) atoms. The van der Waals surface area contributed by atoms with Gasteiger partial charge in [-0.1, -0.05) is 53.1 Å². The minimum absolute atomic E-state index is 0.00744. The SMILES string of the molecule is CCC(=O)N1C(O)=C(N=Nc2nc(C(C)(C)C)cs2)S(=O)(=O)c2cc(C(C)C)c(Cl)cc21. The summed E-state index contributed by atoms with van der Waals surface area (Å²) in [7, 11) is -4.28. The zero-order valence-corrected chi connectivity index (χ0v) is 21.1. The van der Waals surface area contributed by atoms with Crippen molar-refractivity contribution in [2.75, 3.05) is 4.90 Å². The molecule has 1 aliphatic heterocycles. The third-order valence-electron chi connectivity index (χ3n) is 4.93. The number of sulfone groups is 1. The van der Waals surface area contributed by atoms with Crippen LogP contribution in [0.5, 0.6) is 0 Å². The van der Waals surface area contributed by atoms with Gasteiger partial charge in [0, 0.05) is 22.2 Å². The number of fused-ring (bicyclic) bond motifs is 1. The molecule has 2 aromatic rings. The van der Waals surface area contributed by atoms with Crippen molar-refractivity contribution in [3.8, 4) is 0 Å². The van der Waals surface area contributed by atoms with E-state index in [0.29, 0.717) is 10.6 Å². The summed E-state index contributed by atoms with van der Waals surface area (Å²) in [4.78, 5) is 17.8. The summed E-state index contributed by atoms with van der Waals surface area (Å²) in [6.45, 7) is 11.3. The highest BCUT2D eigenvalue weighted by atomic mass is 35.5. The summed E-state index contributed by atoms with van der Waals surface area (Å²) in [6.07, 6.45) is 0.0267. The van der Waals surface area contributed by atoms with Gasteiger partial charge in [-0.2, -0.15) is 0 Å². The summed E-state index contributed by atoms with van der Waals surface area (Å²) in [5, 5.41) is 20.2. The number of thiazole rings is 1. The van der Waals surface area contributed by atoms with Gasteiger partial charge in [-0.05, 0) is 23.6 Å². The van der Waals surface area contributed by atoms with E-state index >= 15 is 0 Å². The summed E-state index contributed by atoms with van der Waals surface area (Å²) >= 11 is 7.55. The number of benzene rings is 1. The van der Waals surface area contributed by atoms with E-state index in [1.165, 1.54) is 23.5 Å². The van der Waals surface area contributed by atoms with Crippen molar-refractivity contribution in [3.63, 3.8) is 0 Å². The molecule has 0 unspecified atom stereocenters. The van der Waals surface area contributed by atoms with Gasteiger partial charge in [-0.25, -0.2) is 18.3 Å². The van der Waals surface area contributed by atoms with Crippen molar-refractivity contribution in [1.82, 2.24) is 4.98 Å². The number of carbonyl (C=O) groups is 1. The maximum atomic E-state index is 13.4. The van der Waals surface area contributed by atoms with Gasteiger partial charge in [-0.3, -0.25) is 4.79 Å². The maximum absolute atomic E-state index is 13.4. The van der Waals surface area contributed by atoms with E-state index in [1.54, 1.807) is 6.92 Å². The number of hydrogen-bond donors (Lipinski definition) is 1. The Morgan fingerprint density at radius 2 is 1.94 bits per heavy atom. The van der Waals surface area contributed by atoms with Crippen molar-refractivity contribution >= 4 is 49.5 Å². The second kappa shape index (κ2) is 8.57. The Bertz CT molecular complexity index is 1240. The van der Waals surface area contributed by atoms with Crippen LogP contribution in [0.4, 0.5) is 10.8 Å². The van der Waals surface area contributed by atoms with E-state index < -0.39 is 26.7 Å². The number of amides is 1. The Kier molecular flexibility index (Phi) is 6.52. The fourth-order valence-corrected chi connectivity index (χ4v) is 5.71. The first kappa shape index (κ1) is 24.3. The van der Waals surface area contributed by atoms with Crippen LogP contribution in [0.25, 0.3) is 0 Å². The molecule has 1 N–H and O–H groups in total. The lowest BCUT2D eigenvalue weighted by molar-refractivity contribution is -0.118. The summed E-state index contributed by atoms with van der Waals surface area (Å²) < 4.78 is 26.7. The molecule has 0 saturated heterocycles. The lowest BCUT2D eigenvalue weighted by Gasteiger charge is -2.29. The molecule has 0 bridgehead atoms. The van der Waals surface area contributed by atoms with Gasteiger partial charge in [0.1, 0.15) is 0 Å². The Morgan fingerprint density at radius 1 is 1.28 bits per heavy atom. The summed E-state index contributed by atoms with van der Waals surface area (Å²) in [6, 6.07) is 2.81. The van der Waals surface area contributed by atoms with E-state index in [-0.39, 0.29) is 33.5 Å². The van der Waals surface area contributed by atoms with Gasteiger partial charge < -0.3 is 5.11 Å². The molecule has 11 heteroatoms. The fourth-order valence-electron chi connectivity index (χ4n) is 3.08. The molecule has 1 amide bonds. The lowest BCUT2D eigenvalue weighted by Crippen LogP contribution is -2.35. The number of aliphatic hydroxyl groups excluding tert-OH is 1. The largest absolute Gasteiger partial charge is 0.492 e. The zero-order valence-electron chi connectivity index (χ0n) is 18.7.